The molecule has 9 nitrogen and oxygen atoms in total. The maximum Gasteiger partial charge on any atom is 0.407 e. The van der Waals surface area contributed by atoms with E-state index >= 15 is 0 Å². The predicted molar refractivity (Wildman–Crippen MR) is 236 cm³/mol. The number of benzene rings is 4. The molecule has 6 aromatic rings. The molecular weight excluding hydrogens is 719 g/mol. The number of hydrogen-bond acceptors (Lipinski definition) is 8. The Hall–Kier alpha value is -6.09. The molecule has 58 heavy (non-hydrogen) atoms. The molecule has 0 bridgehead atoms. The Morgan fingerprint density at radius 2 is 1.05 bits per heavy atom. The van der Waals surface area contributed by atoms with Crippen LogP contribution in [0.5, 0.6) is 0 Å². The third-order valence-electron chi connectivity index (χ3n) is 10.3. The number of hydrogen-bond donors (Lipinski definition) is 2. The van der Waals surface area contributed by atoms with Crippen LogP contribution in [0.15, 0.2) is 97.1 Å². The van der Waals surface area contributed by atoms with Gasteiger partial charge >= 0.3 is 6.09 Å². The molecule has 4 heterocycles. The predicted octanol–water partition coefficient (Wildman–Crippen LogP) is 10.5. The summed E-state index contributed by atoms with van der Waals surface area (Å²) in [6.07, 6.45) is 3.60. The zero-order valence-electron chi connectivity index (χ0n) is 34.9. The molecule has 0 saturated heterocycles. The van der Waals surface area contributed by atoms with E-state index in [0.717, 1.165) is 107 Å². The fourth-order valence-electron chi connectivity index (χ4n) is 7.15. The van der Waals surface area contributed by atoms with Gasteiger partial charge in [0, 0.05) is 48.4 Å². The number of fused-ring (bicyclic) bond motifs is 2. The van der Waals surface area contributed by atoms with Gasteiger partial charge in [0.1, 0.15) is 11.4 Å². The van der Waals surface area contributed by atoms with Crippen molar-refractivity contribution in [1.82, 2.24) is 25.3 Å². The summed E-state index contributed by atoms with van der Waals surface area (Å²) in [7, 11) is 0. The Kier molecular flexibility index (Phi) is 12.2. The van der Waals surface area contributed by atoms with Crippen LogP contribution in [0.2, 0.25) is 0 Å². The SMILES string of the molecule is Cc1ccc(-c2nc3c(nc2-c2ccc(C)cc2)N(CCNC(=O)OC(C)(C)C)CCC3)cc1.Cc1ccc(-c2nc3c(nc2-c2ccc(C)cc2)NCCC3)cc1. The molecular formula is C49H55N7O2. The Morgan fingerprint density at radius 3 is 1.53 bits per heavy atom. The quantitative estimate of drug-likeness (QED) is 0.165. The van der Waals surface area contributed by atoms with Gasteiger partial charge < -0.3 is 20.3 Å². The maximum absolute atomic E-state index is 12.1. The number of aryl methyl sites for hydroxylation is 6. The minimum Gasteiger partial charge on any atom is -0.444 e. The largest absolute Gasteiger partial charge is 0.444 e. The van der Waals surface area contributed by atoms with Gasteiger partial charge in [-0.25, -0.2) is 24.7 Å². The molecule has 2 N–H and O–H groups in total. The van der Waals surface area contributed by atoms with E-state index in [0.29, 0.717) is 13.1 Å². The summed E-state index contributed by atoms with van der Waals surface area (Å²) in [6, 6.07) is 34.0. The van der Waals surface area contributed by atoms with E-state index < -0.39 is 11.7 Å². The van der Waals surface area contributed by atoms with Crippen LogP contribution in [0.25, 0.3) is 45.0 Å². The van der Waals surface area contributed by atoms with E-state index in [1.165, 1.54) is 22.3 Å². The molecule has 0 saturated carbocycles. The van der Waals surface area contributed by atoms with Crippen molar-refractivity contribution < 1.29 is 9.53 Å². The van der Waals surface area contributed by atoms with Gasteiger partial charge in [0.15, 0.2) is 5.82 Å². The van der Waals surface area contributed by atoms with E-state index in [-0.39, 0.29) is 0 Å². The number of carbonyl (C=O) groups excluding carboxylic acids is 1. The normalized spacial score (nSPS) is 13.3. The highest BCUT2D eigenvalue weighted by Crippen LogP contribution is 2.36. The van der Waals surface area contributed by atoms with Gasteiger partial charge in [-0.05, 0) is 74.1 Å². The first-order chi connectivity index (χ1) is 27.9. The van der Waals surface area contributed by atoms with Crippen LogP contribution in [0.4, 0.5) is 16.4 Å². The van der Waals surface area contributed by atoms with Gasteiger partial charge in [-0.2, -0.15) is 0 Å². The minimum atomic E-state index is -0.511. The Morgan fingerprint density at radius 1 is 0.621 bits per heavy atom. The average Bonchev–Trinajstić information content (AvgIpc) is 3.21. The molecule has 0 aliphatic carbocycles. The summed E-state index contributed by atoms with van der Waals surface area (Å²) in [5, 5.41) is 6.26. The van der Waals surface area contributed by atoms with Crippen LogP contribution in [0, 0.1) is 27.7 Å². The van der Waals surface area contributed by atoms with Gasteiger partial charge in [0.05, 0.1) is 34.2 Å². The number of amides is 1. The summed E-state index contributed by atoms with van der Waals surface area (Å²) in [6.45, 7) is 17.0. The monoisotopic (exact) mass is 773 g/mol. The number of anilines is 2. The lowest BCUT2D eigenvalue weighted by Gasteiger charge is -2.30. The van der Waals surface area contributed by atoms with Gasteiger partial charge in [-0.15, -0.1) is 0 Å². The van der Waals surface area contributed by atoms with E-state index in [9.17, 15) is 4.79 Å². The zero-order valence-corrected chi connectivity index (χ0v) is 34.9. The van der Waals surface area contributed by atoms with Gasteiger partial charge in [-0.1, -0.05) is 119 Å². The summed E-state index contributed by atoms with van der Waals surface area (Å²) >= 11 is 0. The lowest BCUT2D eigenvalue weighted by molar-refractivity contribution is 0.0529. The van der Waals surface area contributed by atoms with E-state index in [4.69, 9.17) is 24.7 Å². The standard InChI is InChI=1S/C28H34N4O2.C21H21N3/c1-19-8-12-21(13-9-19)24-25(22-14-10-20(2)11-15-22)31-26-23(30-24)7-6-17-32(26)18-16-29-27(33)34-28(3,4)5;1-14-5-9-16(10-6-14)19-20(17-11-7-15(2)8-12-17)24-21-18(23-19)4-3-13-22-21/h8-15H,6-7,16-18H2,1-5H3,(H,29,33);5-12H,3-4,13H2,1-2H3,(H,22,24). The van der Waals surface area contributed by atoms with Crippen LogP contribution >= 0.6 is 0 Å². The van der Waals surface area contributed by atoms with Gasteiger partial charge in [0.25, 0.3) is 0 Å². The fraction of sp³-hybridized carbons (Fsp3) is 0.327. The van der Waals surface area contributed by atoms with Crippen LogP contribution in [0.3, 0.4) is 0 Å². The first-order valence-electron chi connectivity index (χ1n) is 20.5. The number of rotatable bonds is 7. The maximum atomic E-state index is 12.1. The molecule has 4 aromatic carbocycles. The number of nitrogens with zero attached hydrogens (tertiary/aromatic N) is 5. The highest BCUT2D eigenvalue weighted by molar-refractivity contribution is 5.81. The van der Waals surface area contributed by atoms with Crippen molar-refractivity contribution in [3.05, 3.63) is 131 Å². The highest BCUT2D eigenvalue weighted by atomic mass is 16.6. The minimum absolute atomic E-state index is 0.397. The lowest BCUT2D eigenvalue weighted by Crippen LogP contribution is -2.40. The van der Waals surface area contributed by atoms with E-state index in [2.05, 4.69) is 140 Å². The second-order valence-electron chi connectivity index (χ2n) is 16.4. The van der Waals surface area contributed by atoms with Crippen molar-refractivity contribution in [2.24, 2.45) is 0 Å². The third-order valence-corrected chi connectivity index (χ3v) is 10.3. The van der Waals surface area contributed by atoms with Crippen LogP contribution in [-0.4, -0.2) is 57.8 Å². The topological polar surface area (TPSA) is 105 Å². The second kappa shape index (κ2) is 17.6. The number of carbonyl (C=O) groups is 1. The lowest BCUT2D eigenvalue weighted by atomic mass is 10.0. The van der Waals surface area contributed by atoms with Crippen molar-refractivity contribution in [3.63, 3.8) is 0 Å². The van der Waals surface area contributed by atoms with E-state index in [1.807, 2.05) is 20.8 Å². The van der Waals surface area contributed by atoms with Crippen molar-refractivity contribution in [1.29, 1.82) is 0 Å². The average molecular weight is 774 g/mol. The van der Waals surface area contributed by atoms with Crippen LogP contribution < -0.4 is 15.5 Å². The molecule has 0 atom stereocenters. The van der Waals surface area contributed by atoms with Crippen molar-refractivity contribution >= 4 is 17.7 Å². The second-order valence-corrected chi connectivity index (χ2v) is 16.4. The number of ether oxygens (including phenoxy) is 1. The van der Waals surface area contributed by atoms with Crippen molar-refractivity contribution in [3.8, 4) is 45.0 Å². The Bertz CT molecular complexity index is 2270. The number of aromatic nitrogens is 4. The number of nitrogens with one attached hydrogen (secondary N) is 2. The molecule has 298 valence electrons. The molecule has 2 aromatic heterocycles. The molecule has 9 heteroatoms. The zero-order chi connectivity index (χ0) is 40.8. The third kappa shape index (κ3) is 9.88. The van der Waals surface area contributed by atoms with Gasteiger partial charge in [-0.3, -0.25) is 0 Å². The van der Waals surface area contributed by atoms with Crippen molar-refractivity contribution in [2.45, 2.75) is 79.8 Å². The van der Waals surface area contributed by atoms with Crippen LogP contribution in [-0.2, 0) is 17.6 Å². The van der Waals surface area contributed by atoms with Crippen molar-refractivity contribution in [2.75, 3.05) is 36.4 Å². The molecule has 0 unspecified atom stereocenters. The summed E-state index contributed by atoms with van der Waals surface area (Å²) < 4.78 is 5.36. The first kappa shape index (κ1) is 40.1. The molecule has 0 spiro atoms. The molecule has 2 aliphatic rings. The van der Waals surface area contributed by atoms with Gasteiger partial charge in [0.2, 0.25) is 0 Å². The summed E-state index contributed by atoms with van der Waals surface area (Å²) in [5.41, 5.74) is 14.6. The summed E-state index contributed by atoms with van der Waals surface area (Å²) in [4.78, 5) is 34.5. The summed E-state index contributed by atoms with van der Waals surface area (Å²) in [5.74, 6) is 1.84. The smallest absolute Gasteiger partial charge is 0.407 e. The van der Waals surface area contributed by atoms with Crippen LogP contribution in [0.1, 0.15) is 67.3 Å². The first-order valence-corrected chi connectivity index (χ1v) is 20.5. The molecule has 0 radical (unpaired) electrons. The highest BCUT2D eigenvalue weighted by Gasteiger charge is 2.25. The molecule has 8 rings (SSSR count). The fourth-order valence-corrected chi connectivity index (χ4v) is 7.15. The Labute approximate surface area is 343 Å². The number of alkyl carbamates (subject to hydrolysis) is 1. The molecule has 1 amide bonds. The Balaban J connectivity index is 0.000000187. The molecule has 0 fully saturated rings. The molecule has 2 aliphatic heterocycles. The van der Waals surface area contributed by atoms with E-state index in [1.54, 1.807) is 0 Å².